The monoisotopic (exact) mass is 246 g/mol. The maximum atomic E-state index is 4.81. The van der Waals surface area contributed by atoms with Crippen molar-refractivity contribution < 1.29 is 29.5 Å². The fourth-order valence-electron chi connectivity index (χ4n) is 0.420. The van der Waals surface area contributed by atoms with Crippen molar-refractivity contribution in [2.45, 2.75) is 4.90 Å². The molecule has 0 atom stereocenters. The summed E-state index contributed by atoms with van der Waals surface area (Å²) in [4.78, 5) is 0.905. The third kappa shape index (κ3) is 11.0. The minimum Gasteiger partial charge on any atom is -1.00 e. The van der Waals surface area contributed by atoms with Crippen LogP contribution in [-0.4, -0.2) is 23.1 Å². The van der Waals surface area contributed by atoms with Crippen LogP contribution in [0.5, 0.6) is 0 Å². The van der Waals surface area contributed by atoms with Crippen LogP contribution in [-0.2, 0) is 29.7 Å². The largest absolute Gasteiger partial charge is 2.00 e. The minimum atomic E-state index is 0. The van der Waals surface area contributed by atoms with Crippen molar-refractivity contribution in [2.24, 2.45) is 0 Å². The topological polar surface area (TPSA) is 0 Å². The zero-order valence-electron chi connectivity index (χ0n) is 6.18. The summed E-state index contributed by atoms with van der Waals surface area (Å²) in [7, 11) is 0. The Morgan fingerprint density at radius 1 is 1.00 bits per heavy atom. The molecule has 0 aliphatic heterocycles. The Morgan fingerprint density at radius 3 is 1.55 bits per heavy atom. The van der Waals surface area contributed by atoms with E-state index in [1.54, 1.807) is 0 Å². The molecule has 1 aromatic rings. The molecule has 1 rings (SSSR count). The zero-order chi connectivity index (χ0) is 5.11. The number of rotatable bonds is 0. The molecule has 0 heterocycles. The van der Waals surface area contributed by atoms with E-state index >= 15 is 0 Å². The summed E-state index contributed by atoms with van der Waals surface area (Å²) >= 11 is 4.81. The van der Waals surface area contributed by atoms with Crippen molar-refractivity contribution in [1.82, 2.24) is 0 Å². The first-order valence-electron chi connectivity index (χ1n) is 2.11. The standard InChI is InChI=1S/C6H6S.CH3.ClH.Cu.Mg/c7-6-4-2-1-3-5-6;;;;/h1-5,7H;1H3;1H;;/q;-1;;+1;+2/p-2. The predicted octanol–water partition coefficient (Wildman–Crippen LogP) is -1.34. The van der Waals surface area contributed by atoms with Crippen LogP contribution in [0.1, 0.15) is 0 Å². The minimum absolute atomic E-state index is 0. The fourth-order valence-corrected chi connectivity index (χ4v) is 0.578. The van der Waals surface area contributed by atoms with Gasteiger partial charge in [0, 0.05) is 0 Å². The maximum absolute atomic E-state index is 4.81. The third-order valence-corrected chi connectivity index (χ3v) is 1.02. The molecule has 0 aromatic heterocycles. The van der Waals surface area contributed by atoms with E-state index in [0.29, 0.717) is 0 Å². The van der Waals surface area contributed by atoms with Gasteiger partial charge in [0.2, 0.25) is 0 Å². The SMILES string of the molecule is [CH3-].[Cl-].[Cu+].[Mg+2].[S-]c1ccccc1. The summed E-state index contributed by atoms with van der Waals surface area (Å²) < 4.78 is 0. The Balaban J connectivity index is -0.0000000612. The van der Waals surface area contributed by atoms with Gasteiger partial charge in [-0.2, -0.15) is 4.90 Å². The van der Waals surface area contributed by atoms with Crippen molar-refractivity contribution in [3.05, 3.63) is 37.8 Å². The molecule has 0 nitrogen and oxygen atoms in total. The van der Waals surface area contributed by atoms with Crippen LogP contribution in [0.3, 0.4) is 0 Å². The molecule has 0 saturated heterocycles. The van der Waals surface area contributed by atoms with E-state index in [-0.39, 0.29) is 60.0 Å². The normalized spacial score (nSPS) is 5.45. The molecule has 11 heavy (non-hydrogen) atoms. The second kappa shape index (κ2) is 13.6. The van der Waals surface area contributed by atoms with Gasteiger partial charge in [-0.3, -0.25) is 0 Å². The van der Waals surface area contributed by atoms with Crippen LogP contribution in [0.25, 0.3) is 0 Å². The second-order valence-electron chi connectivity index (χ2n) is 1.31. The molecule has 0 N–H and O–H groups in total. The Hall–Kier alpha value is 1.02. The molecule has 1 aromatic carbocycles. The molecule has 0 unspecified atom stereocenters. The number of hydrogen-bond donors (Lipinski definition) is 0. The van der Waals surface area contributed by atoms with Crippen molar-refractivity contribution in [1.29, 1.82) is 0 Å². The van der Waals surface area contributed by atoms with E-state index in [1.165, 1.54) is 0 Å². The molecule has 0 fully saturated rings. The van der Waals surface area contributed by atoms with Gasteiger partial charge in [-0.25, -0.2) is 0 Å². The molecule has 0 bridgehead atoms. The Labute approximate surface area is 107 Å². The van der Waals surface area contributed by atoms with E-state index in [0.717, 1.165) is 4.90 Å². The second-order valence-corrected chi connectivity index (χ2v) is 1.78. The molecule has 0 radical (unpaired) electrons. The first-order chi connectivity index (χ1) is 3.39. The molecule has 0 spiro atoms. The summed E-state index contributed by atoms with van der Waals surface area (Å²) in [5.41, 5.74) is 0. The fraction of sp³-hybridized carbons (Fsp3) is 0. The van der Waals surface area contributed by atoms with Crippen molar-refractivity contribution >= 4 is 35.7 Å². The van der Waals surface area contributed by atoms with Gasteiger partial charge in [0.25, 0.3) is 0 Å². The van der Waals surface area contributed by atoms with E-state index in [9.17, 15) is 0 Å². The van der Waals surface area contributed by atoms with Crippen molar-refractivity contribution in [3.63, 3.8) is 0 Å². The van der Waals surface area contributed by atoms with Crippen molar-refractivity contribution in [2.75, 3.05) is 0 Å². The van der Waals surface area contributed by atoms with Gasteiger partial charge in [-0.05, 0) is 0 Å². The summed E-state index contributed by atoms with van der Waals surface area (Å²) in [6.45, 7) is 0. The average Bonchev–Trinajstić information content (AvgIpc) is 1.69. The molecular weight excluding hydrogens is 239 g/mol. The average molecular weight is 248 g/mol. The van der Waals surface area contributed by atoms with Gasteiger partial charge in [0.1, 0.15) is 0 Å². The smallest absolute Gasteiger partial charge is 1.00 e. The van der Waals surface area contributed by atoms with Gasteiger partial charge in [-0.15, -0.1) is 0 Å². The summed E-state index contributed by atoms with van der Waals surface area (Å²) in [5, 5.41) is 0. The number of hydrogen-bond acceptors (Lipinski definition) is 1. The van der Waals surface area contributed by atoms with Crippen LogP contribution in [0, 0.1) is 7.43 Å². The number of benzene rings is 1. The summed E-state index contributed by atoms with van der Waals surface area (Å²) in [6.07, 6.45) is 0. The van der Waals surface area contributed by atoms with E-state index < -0.39 is 0 Å². The molecule has 0 amide bonds. The van der Waals surface area contributed by atoms with Gasteiger partial charge >= 0.3 is 40.1 Å². The van der Waals surface area contributed by atoms with E-state index in [2.05, 4.69) is 0 Å². The molecule has 62 valence electrons. The van der Waals surface area contributed by atoms with Crippen LogP contribution in [0.4, 0.5) is 0 Å². The van der Waals surface area contributed by atoms with Gasteiger partial charge < -0.3 is 32.5 Å². The van der Waals surface area contributed by atoms with E-state index in [4.69, 9.17) is 12.6 Å². The quantitative estimate of drug-likeness (QED) is 0.311. The molecule has 0 aliphatic carbocycles. The third-order valence-electron chi connectivity index (χ3n) is 0.743. The summed E-state index contributed by atoms with van der Waals surface area (Å²) in [6, 6.07) is 9.62. The molecular formula is C7H8ClCuMgS. The van der Waals surface area contributed by atoms with Crippen LogP contribution >= 0.6 is 0 Å². The first kappa shape index (κ1) is 22.7. The summed E-state index contributed by atoms with van der Waals surface area (Å²) in [5.74, 6) is 0. The molecule has 4 heteroatoms. The van der Waals surface area contributed by atoms with Crippen molar-refractivity contribution in [3.8, 4) is 0 Å². The predicted molar refractivity (Wildman–Crippen MR) is 44.2 cm³/mol. The van der Waals surface area contributed by atoms with Crippen LogP contribution in [0.2, 0.25) is 0 Å². The van der Waals surface area contributed by atoms with E-state index in [1.807, 2.05) is 30.3 Å². The zero-order valence-corrected chi connectivity index (χ0v) is 10.1. The molecule has 0 saturated carbocycles. The Bertz CT molecular complexity index is 148. The van der Waals surface area contributed by atoms with Gasteiger partial charge in [0.05, 0.1) is 0 Å². The maximum Gasteiger partial charge on any atom is 2.00 e. The van der Waals surface area contributed by atoms with Crippen LogP contribution < -0.4 is 12.4 Å². The Morgan fingerprint density at radius 2 is 1.36 bits per heavy atom. The van der Waals surface area contributed by atoms with Crippen LogP contribution in [0.15, 0.2) is 35.2 Å². The van der Waals surface area contributed by atoms with Gasteiger partial charge in [0.15, 0.2) is 0 Å². The Kier molecular flexibility index (Phi) is 28.0. The van der Waals surface area contributed by atoms with Gasteiger partial charge in [-0.1, -0.05) is 30.3 Å². The first-order valence-corrected chi connectivity index (χ1v) is 2.52. The number of halogens is 1. The molecule has 0 aliphatic rings.